The van der Waals surface area contributed by atoms with Gasteiger partial charge >= 0.3 is 0 Å². The standard InChI is InChI=1S/C17H21N3O2/c21-15-13-3-1-2-4-14(13)16(22)20(15)10-9-19-8-6-17(12-19)5-7-18-11-17/h1-4,18H,5-12H2. The Morgan fingerprint density at radius 3 is 2.41 bits per heavy atom. The van der Waals surface area contributed by atoms with Crippen LogP contribution in [0, 0.1) is 5.41 Å². The van der Waals surface area contributed by atoms with Crippen molar-refractivity contribution in [2.24, 2.45) is 5.41 Å². The first-order valence-electron chi connectivity index (χ1n) is 8.07. The third-order valence-electron chi connectivity index (χ3n) is 5.37. The summed E-state index contributed by atoms with van der Waals surface area (Å²) in [7, 11) is 0. The van der Waals surface area contributed by atoms with Crippen molar-refractivity contribution >= 4 is 11.8 Å². The number of nitrogens with zero attached hydrogens (tertiary/aromatic N) is 2. The van der Waals surface area contributed by atoms with Crippen molar-refractivity contribution in [1.82, 2.24) is 15.1 Å². The topological polar surface area (TPSA) is 52.7 Å². The molecule has 1 aromatic carbocycles. The minimum atomic E-state index is -0.142. The van der Waals surface area contributed by atoms with Crippen molar-refractivity contribution in [1.29, 1.82) is 0 Å². The fourth-order valence-corrected chi connectivity index (χ4v) is 4.05. The highest BCUT2D eigenvalue weighted by Gasteiger charge is 2.41. The first kappa shape index (κ1) is 13.9. The van der Waals surface area contributed by atoms with Crippen molar-refractivity contribution in [2.75, 3.05) is 39.3 Å². The number of imide groups is 1. The Bertz CT molecular complexity index is 587. The summed E-state index contributed by atoms with van der Waals surface area (Å²) >= 11 is 0. The molecule has 0 aliphatic carbocycles. The van der Waals surface area contributed by atoms with Gasteiger partial charge in [0.15, 0.2) is 0 Å². The van der Waals surface area contributed by atoms with Crippen LogP contribution in [0.4, 0.5) is 0 Å². The molecule has 4 rings (SSSR count). The monoisotopic (exact) mass is 299 g/mol. The Morgan fingerprint density at radius 2 is 1.77 bits per heavy atom. The number of carbonyl (C=O) groups is 2. The zero-order valence-corrected chi connectivity index (χ0v) is 12.7. The maximum atomic E-state index is 12.3. The van der Waals surface area contributed by atoms with Gasteiger partial charge in [-0.3, -0.25) is 14.5 Å². The van der Waals surface area contributed by atoms with Crippen LogP contribution in [0.25, 0.3) is 0 Å². The molecule has 3 heterocycles. The van der Waals surface area contributed by atoms with E-state index in [-0.39, 0.29) is 11.8 Å². The van der Waals surface area contributed by atoms with Crippen molar-refractivity contribution in [2.45, 2.75) is 12.8 Å². The van der Waals surface area contributed by atoms with E-state index in [1.807, 2.05) is 12.1 Å². The Kier molecular flexibility index (Phi) is 3.27. The first-order chi connectivity index (χ1) is 10.7. The molecule has 2 fully saturated rings. The molecule has 2 saturated heterocycles. The maximum Gasteiger partial charge on any atom is 0.261 e. The van der Waals surface area contributed by atoms with Crippen LogP contribution in [0.3, 0.4) is 0 Å². The maximum absolute atomic E-state index is 12.3. The molecule has 5 heteroatoms. The summed E-state index contributed by atoms with van der Waals surface area (Å²) < 4.78 is 0. The van der Waals surface area contributed by atoms with Crippen molar-refractivity contribution < 1.29 is 9.59 Å². The van der Waals surface area contributed by atoms with Crippen LogP contribution >= 0.6 is 0 Å². The summed E-state index contributed by atoms with van der Waals surface area (Å²) in [6, 6.07) is 7.10. The molecule has 116 valence electrons. The molecule has 1 atom stereocenters. The van der Waals surface area contributed by atoms with Gasteiger partial charge in [-0.05, 0) is 43.5 Å². The molecule has 1 N–H and O–H groups in total. The third kappa shape index (κ3) is 2.16. The molecule has 0 radical (unpaired) electrons. The van der Waals surface area contributed by atoms with E-state index in [1.54, 1.807) is 12.1 Å². The second-order valence-corrected chi connectivity index (χ2v) is 6.76. The lowest BCUT2D eigenvalue weighted by molar-refractivity contribution is 0.0639. The normalized spacial score (nSPS) is 28.1. The molecule has 22 heavy (non-hydrogen) atoms. The Labute approximate surface area is 130 Å². The molecule has 0 saturated carbocycles. The summed E-state index contributed by atoms with van der Waals surface area (Å²) in [6.07, 6.45) is 2.47. The molecule has 1 spiro atoms. The minimum absolute atomic E-state index is 0.142. The Balaban J connectivity index is 1.39. The average Bonchev–Trinajstić information content (AvgIpc) is 3.22. The number of rotatable bonds is 3. The molecule has 3 aliphatic rings. The summed E-state index contributed by atoms with van der Waals surface area (Å²) in [4.78, 5) is 28.5. The van der Waals surface area contributed by atoms with Crippen molar-refractivity contribution in [3.05, 3.63) is 35.4 Å². The highest BCUT2D eigenvalue weighted by Crippen LogP contribution is 2.35. The molecule has 5 nitrogen and oxygen atoms in total. The van der Waals surface area contributed by atoms with Gasteiger partial charge in [0.25, 0.3) is 11.8 Å². The Hall–Kier alpha value is -1.72. The zero-order valence-electron chi connectivity index (χ0n) is 12.7. The molecule has 0 bridgehead atoms. The van der Waals surface area contributed by atoms with Crippen LogP contribution in [-0.4, -0.2) is 60.9 Å². The number of amides is 2. The second-order valence-electron chi connectivity index (χ2n) is 6.76. The lowest BCUT2D eigenvalue weighted by atomic mass is 9.87. The predicted octanol–water partition coefficient (Wildman–Crippen LogP) is 0.968. The number of hydrogen-bond donors (Lipinski definition) is 1. The van der Waals surface area contributed by atoms with E-state index in [4.69, 9.17) is 0 Å². The van der Waals surface area contributed by atoms with Gasteiger partial charge in [0, 0.05) is 26.2 Å². The summed E-state index contributed by atoms with van der Waals surface area (Å²) in [5, 5.41) is 3.45. The van der Waals surface area contributed by atoms with Gasteiger partial charge < -0.3 is 10.2 Å². The molecule has 0 aromatic heterocycles. The quantitative estimate of drug-likeness (QED) is 0.845. The number of fused-ring (bicyclic) bond motifs is 1. The van der Waals surface area contributed by atoms with Crippen LogP contribution < -0.4 is 5.32 Å². The van der Waals surface area contributed by atoms with Gasteiger partial charge in [0.1, 0.15) is 0 Å². The highest BCUT2D eigenvalue weighted by atomic mass is 16.2. The number of benzene rings is 1. The first-order valence-corrected chi connectivity index (χ1v) is 8.07. The summed E-state index contributed by atoms with van der Waals surface area (Å²) in [5.41, 5.74) is 1.53. The average molecular weight is 299 g/mol. The van der Waals surface area contributed by atoms with Crippen LogP contribution in [-0.2, 0) is 0 Å². The van der Waals surface area contributed by atoms with Crippen LogP contribution in [0.1, 0.15) is 33.6 Å². The van der Waals surface area contributed by atoms with Crippen molar-refractivity contribution in [3.8, 4) is 0 Å². The predicted molar refractivity (Wildman–Crippen MR) is 82.8 cm³/mol. The number of carbonyl (C=O) groups excluding carboxylic acids is 2. The Morgan fingerprint density at radius 1 is 1.05 bits per heavy atom. The van der Waals surface area contributed by atoms with Crippen LogP contribution in [0.15, 0.2) is 24.3 Å². The summed E-state index contributed by atoms with van der Waals surface area (Å²) in [5.74, 6) is -0.283. The number of likely N-dealkylation sites (tertiary alicyclic amines) is 1. The zero-order chi connectivity index (χ0) is 15.2. The largest absolute Gasteiger partial charge is 0.316 e. The molecular weight excluding hydrogens is 278 g/mol. The van der Waals surface area contributed by atoms with E-state index >= 15 is 0 Å². The molecule has 1 unspecified atom stereocenters. The van der Waals surface area contributed by atoms with E-state index in [0.29, 0.717) is 23.1 Å². The number of nitrogens with one attached hydrogen (secondary N) is 1. The second kappa shape index (κ2) is 5.18. The third-order valence-corrected chi connectivity index (χ3v) is 5.37. The molecule has 2 amide bonds. The fraction of sp³-hybridized carbons (Fsp3) is 0.529. The van der Waals surface area contributed by atoms with E-state index < -0.39 is 0 Å². The minimum Gasteiger partial charge on any atom is -0.316 e. The van der Waals surface area contributed by atoms with Gasteiger partial charge in [-0.1, -0.05) is 12.1 Å². The smallest absolute Gasteiger partial charge is 0.261 e. The van der Waals surface area contributed by atoms with E-state index in [2.05, 4.69) is 10.2 Å². The van der Waals surface area contributed by atoms with E-state index in [1.165, 1.54) is 17.7 Å². The lowest BCUT2D eigenvalue weighted by Crippen LogP contribution is -2.38. The van der Waals surface area contributed by atoms with Crippen LogP contribution in [0.2, 0.25) is 0 Å². The van der Waals surface area contributed by atoms with Gasteiger partial charge in [-0.25, -0.2) is 0 Å². The van der Waals surface area contributed by atoms with Crippen LogP contribution in [0.5, 0.6) is 0 Å². The highest BCUT2D eigenvalue weighted by molar-refractivity contribution is 6.21. The molecular formula is C17H21N3O2. The van der Waals surface area contributed by atoms with Gasteiger partial charge in [0.05, 0.1) is 11.1 Å². The fourth-order valence-electron chi connectivity index (χ4n) is 4.05. The van der Waals surface area contributed by atoms with E-state index in [9.17, 15) is 9.59 Å². The van der Waals surface area contributed by atoms with E-state index in [0.717, 1.165) is 32.7 Å². The summed E-state index contributed by atoms with van der Waals surface area (Å²) in [6.45, 7) is 5.67. The van der Waals surface area contributed by atoms with Gasteiger partial charge in [-0.2, -0.15) is 0 Å². The molecule has 3 aliphatic heterocycles. The molecule has 1 aromatic rings. The van der Waals surface area contributed by atoms with Gasteiger partial charge in [0.2, 0.25) is 0 Å². The van der Waals surface area contributed by atoms with Crippen molar-refractivity contribution in [3.63, 3.8) is 0 Å². The number of hydrogen-bond acceptors (Lipinski definition) is 4. The SMILES string of the molecule is O=C1c2ccccc2C(=O)N1CCN1CCC2(CCNC2)C1. The lowest BCUT2D eigenvalue weighted by Gasteiger charge is -2.24. The van der Waals surface area contributed by atoms with Gasteiger partial charge in [-0.15, -0.1) is 0 Å².